The molecule has 7 heavy (non-hydrogen) atoms. The van der Waals surface area contributed by atoms with Gasteiger partial charge in [-0.1, -0.05) is 13.5 Å². The Morgan fingerprint density at radius 3 is 2.00 bits per heavy atom. The summed E-state index contributed by atoms with van der Waals surface area (Å²) in [5.41, 5.74) is 0. The van der Waals surface area contributed by atoms with Crippen molar-refractivity contribution in [2.75, 3.05) is 20.6 Å². The van der Waals surface area contributed by atoms with Crippen LogP contribution in [0.25, 0.3) is 0 Å². The van der Waals surface area contributed by atoms with Crippen LogP contribution >= 0.6 is 0 Å². The van der Waals surface area contributed by atoms with Crippen LogP contribution in [0.1, 0.15) is 0 Å². The van der Waals surface area contributed by atoms with Crippen molar-refractivity contribution in [1.29, 1.82) is 0 Å². The Balaban J connectivity index is 0. The molecule has 0 N–H and O–H groups in total. The number of hydrogen-bond acceptors (Lipinski definition) is 1. The first kappa shape index (κ1) is 9.85. The van der Waals surface area contributed by atoms with Crippen molar-refractivity contribution >= 4 is 0 Å². The van der Waals surface area contributed by atoms with Gasteiger partial charge in [0.1, 0.15) is 0 Å². The molecule has 1 radical (unpaired) electrons. The van der Waals surface area contributed by atoms with Crippen LogP contribution < -0.4 is 0 Å². The highest BCUT2D eigenvalue weighted by atomic mass is 15.0. The lowest BCUT2D eigenvalue weighted by Gasteiger charge is -2.01. The first-order valence-corrected chi connectivity index (χ1v) is 2.03. The Kier molecular flexibility index (Phi) is 8.02. The fraction of sp³-hybridized carbons (Fsp3) is 0.500. The molecule has 1 nitrogen and oxygen atoms in total. The molecular formula is C6H14N. The molecular weight excluding hydrogens is 86.1 g/mol. The molecule has 0 bridgehead atoms. The summed E-state index contributed by atoms with van der Waals surface area (Å²) >= 11 is 0. The van der Waals surface area contributed by atoms with E-state index in [1.807, 2.05) is 20.2 Å². The Morgan fingerprint density at radius 2 is 2.00 bits per heavy atom. The van der Waals surface area contributed by atoms with E-state index in [9.17, 15) is 0 Å². The summed E-state index contributed by atoms with van der Waals surface area (Å²) in [5, 5.41) is 0. The fourth-order valence-corrected chi connectivity index (χ4v) is 0.258. The molecule has 0 atom stereocenters. The number of nitrogens with zero attached hydrogens (tertiary/aromatic N) is 1. The maximum Gasteiger partial charge on any atom is 0.0154 e. The second-order valence-corrected chi connectivity index (χ2v) is 1.55. The molecule has 43 valence electrons. The minimum Gasteiger partial charge on any atom is -0.306 e. The summed E-state index contributed by atoms with van der Waals surface area (Å²) in [6.45, 7) is 4.53. The van der Waals surface area contributed by atoms with E-state index < -0.39 is 0 Å². The van der Waals surface area contributed by atoms with Crippen LogP contribution in [0, 0.1) is 7.43 Å². The van der Waals surface area contributed by atoms with Gasteiger partial charge in [0.15, 0.2) is 0 Å². The van der Waals surface area contributed by atoms with E-state index >= 15 is 0 Å². The van der Waals surface area contributed by atoms with Gasteiger partial charge < -0.3 is 4.90 Å². The van der Waals surface area contributed by atoms with E-state index in [0.29, 0.717) is 0 Å². The topological polar surface area (TPSA) is 3.24 Å². The molecule has 0 rings (SSSR count). The van der Waals surface area contributed by atoms with Crippen LogP contribution in [0.2, 0.25) is 0 Å². The lowest BCUT2D eigenvalue weighted by atomic mass is 10.6. The Bertz CT molecular complexity index is 39.4. The van der Waals surface area contributed by atoms with Gasteiger partial charge in [-0.3, -0.25) is 0 Å². The molecule has 0 amide bonds. The van der Waals surface area contributed by atoms with Crippen molar-refractivity contribution in [2.24, 2.45) is 0 Å². The zero-order chi connectivity index (χ0) is 4.99. The first-order chi connectivity index (χ1) is 2.77. The van der Waals surface area contributed by atoms with Crippen LogP contribution in [0.15, 0.2) is 12.7 Å². The molecule has 0 aliphatic rings. The van der Waals surface area contributed by atoms with Crippen molar-refractivity contribution in [3.63, 3.8) is 0 Å². The van der Waals surface area contributed by atoms with Gasteiger partial charge in [0, 0.05) is 6.54 Å². The highest BCUT2D eigenvalue weighted by Crippen LogP contribution is 1.69. The second-order valence-electron chi connectivity index (χ2n) is 1.55. The van der Waals surface area contributed by atoms with Crippen molar-refractivity contribution < 1.29 is 0 Å². The van der Waals surface area contributed by atoms with E-state index in [0.717, 1.165) is 6.54 Å². The largest absolute Gasteiger partial charge is 0.306 e. The molecule has 0 saturated carbocycles. The van der Waals surface area contributed by atoms with Gasteiger partial charge in [-0.25, -0.2) is 0 Å². The molecule has 0 unspecified atom stereocenters. The second kappa shape index (κ2) is 5.70. The standard InChI is InChI=1S/C5H11N.CH3/c1-4-5-6(2)3;/h4H,1,5H2,2-3H3;1H3. The molecule has 0 aliphatic heterocycles. The zero-order valence-corrected chi connectivity index (χ0v) is 5.44. The molecule has 0 saturated heterocycles. The molecule has 0 aliphatic carbocycles. The molecule has 0 aromatic heterocycles. The first-order valence-electron chi connectivity index (χ1n) is 2.03. The number of rotatable bonds is 2. The highest BCUT2D eigenvalue weighted by Gasteiger charge is 1.75. The minimum atomic E-state index is 0. The summed E-state index contributed by atoms with van der Waals surface area (Å²) < 4.78 is 0. The predicted molar refractivity (Wildman–Crippen MR) is 35.2 cm³/mol. The molecule has 0 aromatic rings. The third-order valence-electron chi connectivity index (χ3n) is 0.494. The Labute approximate surface area is 46.6 Å². The van der Waals surface area contributed by atoms with E-state index in [1.54, 1.807) is 0 Å². The van der Waals surface area contributed by atoms with Gasteiger partial charge in [-0.05, 0) is 14.1 Å². The van der Waals surface area contributed by atoms with Crippen molar-refractivity contribution in [2.45, 2.75) is 0 Å². The average molecular weight is 100 g/mol. The quantitative estimate of drug-likeness (QED) is 0.471. The van der Waals surface area contributed by atoms with Crippen LogP contribution in [-0.2, 0) is 0 Å². The third-order valence-corrected chi connectivity index (χ3v) is 0.494. The van der Waals surface area contributed by atoms with Crippen LogP contribution in [-0.4, -0.2) is 25.5 Å². The maximum absolute atomic E-state index is 3.56. The van der Waals surface area contributed by atoms with E-state index in [-0.39, 0.29) is 7.43 Å². The lowest BCUT2D eigenvalue weighted by Crippen LogP contribution is -2.09. The average Bonchev–Trinajstić information content (AvgIpc) is 1.35. The monoisotopic (exact) mass is 100 g/mol. The van der Waals surface area contributed by atoms with Crippen molar-refractivity contribution in [3.05, 3.63) is 20.1 Å². The summed E-state index contributed by atoms with van der Waals surface area (Å²) in [7, 11) is 4.03. The molecule has 0 fully saturated rings. The van der Waals surface area contributed by atoms with Gasteiger partial charge in [0.25, 0.3) is 0 Å². The fourth-order valence-electron chi connectivity index (χ4n) is 0.258. The zero-order valence-electron chi connectivity index (χ0n) is 5.44. The van der Waals surface area contributed by atoms with Gasteiger partial charge in [0.2, 0.25) is 0 Å². The van der Waals surface area contributed by atoms with Gasteiger partial charge in [-0.2, -0.15) is 0 Å². The molecule has 0 heterocycles. The third kappa shape index (κ3) is 10.7. The van der Waals surface area contributed by atoms with Crippen LogP contribution in [0.4, 0.5) is 0 Å². The van der Waals surface area contributed by atoms with E-state index in [1.165, 1.54) is 0 Å². The summed E-state index contributed by atoms with van der Waals surface area (Å²) in [6, 6.07) is 0. The molecule has 0 aromatic carbocycles. The van der Waals surface area contributed by atoms with Gasteiger partial charge in [-0.15, -0.1) is 6.58 Å². The summed E-state index contributed by atoms with van der Waals surface area (Å²) in [6.07, 6.45) is 1.88. The lowest BCUT2D eigenvalue weighted by molar-refractivity contribution is 0.457. The van der Waals surface area contributed by atoms with Crippen molar-refractivity contribution in [3.8, 4) is 0 Å². The molecule has 0 spiro atoms. The number of hydrogen-bond donors (Lipinski definition) is 0. The van der Waals surface area contributed by atoms with Gasteiger partial charge in [0.05, 0.1) is 0 Å². The summed E-state index contributed by atoms with van der Waals surface area (Å²) in [5.74, 6) is 0. The SMILES string of the molecule is C=CCN(C)C.[CH3]. The normalized spacial score (nSPS) is 7.86. The summed E-state index contributed by atoms with van der Waals surface area (Å²) in [4.78, 5) is 2.06. The highest BCUT2D eigenvalue weighted by molar-refractivity contribution is 4.68. The van der Waals surface area contributed by atoms with Crippen LogP contribution in [0.5, 0.6) is 0 Å². The Hall–Kier alpha value is -0.300. The maximum atomic E-state index is 3.56. The Morgan fingerprint density at radius 1 is 1.57 bits per heavy atom. The van der Waals surface area contributed by atoms with E-state index in [4.69, 9.17) is 0 Å². The minimum absolute atomic E-state index is 0. The molecule has 1 heteroatoms. The van der Waals surface area contributed by atoms with Crippen molar-refractivity contribution in [1.82, 2.24) is 4.90 Å². The van der Waals surface area contributed by atoms with Crippen LogP contribution in [0.3, 0.4) is 0 Å². The number of likely N-dealkylation sites (N-methyl/N-ethyl adjacent to an activating group) is 1. The van der Waals surface area contributed by atoms with Gasteiger partial charge >= 0.3 is 0 Å². The van der Waals surface area contributed by atoms with E-state index in [2.05, 4.69) is 11.5 Å². The predicted octanol–water partition coefficient (Wildman–Crippen LogP) is 1.18. The smallest absolute Gasteiger partial charge is 0.0154 e.